The van der Waals surface area contributed by atoms with Crippen molar-refractivity contribution >= 4 is 16.6 Å². The van der Waals surface area contributed by atoms with Crippen molar-refractivity contribution in [2.75, 3.05) is 0 Å². The Balaban J connectivity index is 2.82. The largest absolute Gasteiger partial charge is 0.359 e. The van der Waals surface area contributed by atoms with Gasteiger partial charge in [-0.1, -0.05) is 0 Å². The third kappa shape index (κ3) is 0.963. The molecule has 11 heavy (non-hydrogen) atoms. The first-order chi connectivity index (χ1) is 5.25. The molecule has 0 atom stereocenters. The molecule has 2 heteroatoms. The van der Waals surface area contributed by atoms with E-state index in [2.05, 4.69) is 4.98 Å². The van der Waals surface area contributed by atoms with Crippen molar-refractivity contribution in [3.05, 3.63) is 30.0 Å². The number of rotatable bonds is 0. The van der Waals surface area contributed by atoms with Crippen LogP contribution in [0.2, 0.25) is 0 Å². The molecule has 0 aliphatic carbocycles. The summed E-state index contributed by atoms with van der Waals surface area (Å²) in [5.41, 5.74) is 10.2. The number of fused-ring (bicyclic) bond motifs is 1. The zero-order valence-electron chi connectivity index (χ0n) is 6.31. The minimum Gasteiger partial charge on any atom is -0.359 e. The van der Waals surface area contributed by atoms with E-state index >= 15 is 0 Å². The summed E-state index contributed by atoms with van der Waals surface area (Å²) in [6.07, 6.45) is 0. The summed E-state index contributed by atoms with van der Waals surface area (Å²) in [5, 5.41) is 1.12. The topological polar surface area (TPSA) is 39.6 Å². The van der Waals surface area contributed by atoms with Gasteiger partial charge in [0.2, 0.25) is 0 Å². The molecule has 1 aromatic heterocycles. The first kappa shape index (κ1) is 6.28. The molecule has 0 saturated carbocycles. The molecule has 1 radical (unpaired) electrons. The molecule has 0 aliphatic rings. The summed E-state index contributed by atoms with van der Waals surface area (Å²) in [6, 6.07) is 7.63. The number of hydrogen-bond donors (Lipinski definition) is 1. The highest BCUT2D eigenvalue weighted by atomic mass is 14.7. The van der Waals surface area contributed by atoms with Crippen LogP contribution in [0, 0.1) is 6.92 Å². The van der Waals surface area contributed by atoms with Gasteiger partial charge in [-0.15, -0.1) is 0 Å². The monoisotopic (exact) mass is 145 g/mol. The van der Waals surface area contributed by atoms with Gasteiger partial charge < -0.3 is 10.7 Å². The van der Waals surface area contributed by atoms with Crippen LogP contribution in [0.1, 0.15) is 5.69 Å². The molecular weight excluding hydrogens is 136 g/mol. The highest BCUT2D eigenvalue weighted by Gasteiger charge is 1.95. The second-order valence-electron chi connectivity index (χ2n) is 2.75. The van der Waals surface area contributed by atoms with E-state index in [1.54, 1.807) is 6.07 Å². The molecule has 0 saturated heterocycles. The van der Waals surface area contributed by atoms with Gasteiger partial charge in [0.05, 0.1) is 5.69 Å². The molecule has 0 aliphatic heterocycles. The SMILES string of the molecule is Cc1cc2cc([NH])ccc2[nH]1. The van der Waals surface area contributed by atoms with Gasteiger partial charge in [-0.05, 0) is 31.2 Å². The van der Waals surface area contributed by atoms with Crippen LogP contribution >= 0.6 is 0 Å². The van der Waals surface area contributed by atoms with E-state index < -0.39 is 0 Å². The van der Waals surface area contributed by atoms with Crippen LogP contribution in [0.25, 0.3) is 10.9 Å². The number of benzene rings is 1. The third-order valence-corrected chi connectivity index (χ3v) is 1.76. The van der Waals surface area contributed by atoms with E-state index in [4.69, 9.17) is 5.73 Å². The van der Waals surface area contributed by atoms with E-state index in [0.717, 1.165) is 16.6 Å². The molecule has 0 fully saturated rings. The Morgan fingerprint density at radius 1 is 1.27 bits per heavy atom. The Bertz CT molecular complexity index is 387. The molecule has 2 aromatic rings. The van der Waals surface area contributed by atoms with Gasteiger partial charge in [-0.3, -0.25) is 0 Å². The van der Waals surface area contributed by atoms with E-state index in [1.807, 2.05) is 25.1 Å². The maximum Gasteiger partial charge on any atom is 0.0547 e. The Kier molecular flexibility index (Phi) is 1.15. The van der Waals surface area contributed by atoms with Crippen LogP contribution in [0.5, 0.6) is 0 Å². The second-order valence-corrected chi connectivity index (χ2v) is 2.75. The predicted octanol–water partition coefficient (Wildman–Crippen LogP) is 2.39. The average molecular weight is 145 g/mol. The normalized spacial score (nSPS) is 10.6. The molecule has 2 rings (SSSR count). The van der Waals surface area contributed by atoms with Crippen molar-refractivity contribution in [2.24, 2.45) is 0 Å². The predicted molar refractivity (Wildman–Crippen MR) is 45.8 cm³/mol. The fraction of sp³-hybridized carbons (Fsp3) is 0.111. The first-order valence-electron chi connectivity index (χ1n) is 3.57. The lowest BCUT2D eigenvalue weighted by molar-refractivity contribution is 1.30. The summed E-state index contributed by atoms with van der Waals surface area (Å²) in [5.74, 6) is 0. The molecule has 0 bridgehead atoms. The van der Waals surface area contributed by atoms with E-state index in [9.17, 15) is 0 Å². The average Bonchev–Trinajstić information content (AvgIpc) is 2.27. The number of aryl methyl sites for hydroxylation is 1. The Hall–Kier alpha value is -1.44. The smallest absolute Gasteiger partial charge is 0.0547 e. The van der Waals surface area contributed by atoms with E-state index in [0.29, 0.717) is 5.69 Å². The van der Waals surface area contributed by atoms with Gasteiger partial charge >= 0.3 is 0 Å². The molecule has 0 amide bonds. The first-order valence-corrected chi connectivity index (χ1v) is 3.57. The Morgan fingerprint density at radius 3 is 2.91 bits per heavy atom. The minimum absolute atomic E-state index is 0.566. The number of aromatic amines is 1. The van der Waals surface area contributed by atoms with Crippen molar-refractivity contribution in [2.45, 2.75) is 6.92 Å². The van der Waals surface area contributed by atoms with Gasteiger partial charge in [-0.2, -0.15) is 0 Å². The van der Waals surface area contributed by atoms with E-state index in [1.165, 1.54) is 0 Å². The molecule has 55 valence electrons. The van der Waals surface area contributed by atoms with Crippen molar-refractivity contribution in [3.8, 4) is 0 Å². The number of hydrogen-bond acceptors (Lipinski definition) is 0. The highest BCUT2D eigenvalue weighted by Crippen LogP contribution is 2.18. The fourth-order valence-corrected chi connectivity index (χ4v) is 1.28. The van der Waals surface area contributed by atoms with Crippen molar-refractivity contribution < 1.29 is 0 Å². The number of aromatic nitrogens is 1. The fourth-order valence-electron chi connectivity index (χ4n) is 1.28. The standard InChI is InChI=1S/C9H9N2/c1-6-4-7-5-8(10)2-3-9(7)11-6/h2-5,10-11H,1H3. The number of nitrogens with one attached hydrogen (secondary N) is 2. The minimum atomic E-state index is 0.566. The summed E-state index contributed by atoms with van der Waals surface area (Å²) in [7, 11) is 0. The van der Waals surface area contributed by atoms with Crippen LogP contribution in [0.3, 0.4) is 0 Å². The summed E-state index contributed by atoms with van der Waals surface area (Å²) >= 11 is 0. The van der Waals surface area contributed by atoms with Crippen LogP contribution in [-0.2, 0) is 0 Å². The molecule has 1 heterocycles. The molecule has 1 aromatic carbocycles. The zero-order valence-corrected chi connectivity index (χ0v) is 6.31. The lowest BCUT2D eigenvalue weighted by Gasteiger charge is -1.89. The molecule has 2 nitrogen and oxygen atoms in total. The van der Waals surface area contributed by atoms with Gasteiger partial charge in [0.15, 0.2) is 0 Å². The maximum absolute atomic E-state index is 7.37. The lowest BCUT2D eigenvalue weighted by Crippen LogP contribution is -1.69. The lowest BCUT2D eigenvalue weighted by atomic mass is 10.2. The van der Waals surface area contributed by atoms with Crippen molar-refractivity contribution in [1.29, 1.82) is 0 Å². The van der Waals surface area contributed by atoms with E-state index in [-0.39, 0.29) is 0 Å². The van der Waals surface area contributed by atoms with Crippen LogP contribution in [-0.4, -0.2) is 4.98 Å². The third-order valence-electron chi connectivity index (χ3n) is 1.76. The molecule has 2 N–H and O–H groups in total. The van der Waals surface area contributed by atoms with Gasteiger partial charge in [-0.25, -0.2) is 0 Å². The van der Waals surface area contributed by atoms with Crippen LogP contribution < -0.4 is 5.73 Å². The zero-order chi connectivity index (χ0) is 7.84. The van der Waals surface area contributed by atoms with Crippen LogP contribution in [0.15, 0.2) is 24.3 Å². The highest BCUT2D eigenvalue weighted by molar-refractivity contribution is 5.82. The van der Waals surface area contributed by atoms with Crippen molar-refractivity contribution in [1.82, 2.24) is 10.7 Å². The molecule has 0 spiro atoms. The molecule has 0 unspecified atom stereocenters. The summed E-state index contributed by atoms with van der Waals surface area (Å²) in [6.45, 7) is 2.02. The summed E-state index contributed by atoms with van der Waals surface area (Å²) in [4.78, 5) is 3.20. The van der Waals surface area contributed by atoms with Gasteiger partial charge in [0.1, 0.15) is 0 Å². The Labute approximate surface area is 65.0 Å². The Morgan fingerprint density at radius 2 is 2.09 bits per heavy atom. The molecular formula is C9H9N2. The van der Waals surface area contributed by atoms with Crippen LogP contribution in [0.4, 0.5) is 5.69 Å². The second kappa shape index (κ2) is 2.02. The maximum atomic E-state index is 7.37. The number of H-pyrrole nitrogens is 1. The van der Waals surface area contributed by atoms with Gasteiger partial charge in [0, 0.05) is 16.6 Å². The quantitative estimate of drug-likeness (QED) is 0.591. The van der Waals surface area contributed by atoms with Gasteiger partial charge in [0.25, 0.3) is 0 Å². The summed E-state index contributed by atoms with van der Waals surface area (Å²) < 4.78 is 0. The van der Waals surface area contributed by atoms with Crippen molar-refractivity contribution in [3.63, 3.8) is 0 Å².